The fourth-order valence-electron chi connectivity index (χ4n) is 3.94. The van der Waals surface area contributed by atoms with E-state index in [0.717, 1.165) is 25.9 Å². The molecule has 2 aromatic rings. The predicted octanol–water partition coefficient (Wildman–Crippen LogP) is 4.10. The van der Waals surface area contributed by atoms with Gasteiger partial charge in [-0.1, -0.05) is 23.2 Å². The standard InChI is InChI=1S/C23H25Cl2NO5/c24-17-2-4-20(19(25)12-17)31-14-18(27)13-26-7-5-15(6-8-26)23(28)16-1-3-21-22(11-16)30-10-9-29-21/h1-4,11-12,15,18,27H,5-10,13-14H2. The molecule has 0 amide bonds. The Bertz CT molecular complexity index is 930. The minimum atomic E-state index is -0.656. The van der Waals surface area contributed by atoms with Crippen LogP contribution in [0.2, 0.25) is 10.0 Å². The number of hydrogen-bond acceptors (Lipinski definition) is 6. The van der Waals surface area contributed by atoms with E-state index in [2.05, 4.69) is 4.90 Å². The van der Waals surface area contributed by atoms with Gasteiger partial charge in [0, 0.05) is 23.0 Å². The summed E-state index contributed by atoms with van der Waals surface area (Å²) in [5, 5.41) is 11.3. The van der Waals surface area contributed by atoms with Gasteiger partial charge in [0.15, 0.2) is 17.3 Å². The smallest absolute Gasteiger partial charge is 0.166 e. The third kappa shape index (κ3) is 5.63. The third-order valence-electron chi connectivity index (χ3n) is 5.58. The van der Waals surface area contributed by atoms with E-state index >= 15 is 0 Å². The minimum Gasteiger partial charge on any atom is -0.489 e. The van der Waals surface area contributed by atoms with Crippen LogP contribution in [0.4, 0.5) is 0 Å². The van der Waals surface area contributed by atoms with E-state index in [4.69, 9.17) is 37.4 Å². The first-order chi connectivity index (χ1) is 15.0. The molecule has 31 heavy (non-hydrogen) atoms. The van der Waals surface area contributed by atoms with Crippen molar-refractivity contribution >= 4 is 29.0 Å². The highest BCUT2D eigenvalue weighted by Gasteiger charge is 2.27. The molecule has 166 valence electrons. The summed E-state index contributed by atoms with van der Waals surface area (Å²) in [6, 6.07) is 10.4. The molecular formula is C23H25Cl2NO5. The number of aliphatic hydroxyl groups is 1. The van der Waals surface area contributed by atoms with Crippen molar-refractivity contribution in [2.45, 2.75) is 18.9 Å². The van der Waals surface area contributed by atoms with Crippen molar-refractivity contribution in [2.75, 3.05) is 39.5 Å². The molecular weight excluding hydrogens is 441 g/mol. The number of nitrogens with zero attached hydrogens (tertiary/aromatic N) is 1. The molecule has 1 saturated heterocycles. The number of carbonyl (C=O) groups is 1. The molecule has 8 heteroatoms. The van der Waals surface area contributed by atoms with E-state index in [9.17, 15) is 9.90 Å². The van der Waals surface area contributed by atoms with Gasteiger partial charge in [-0.15, -0.1) is 0 Å². The van der Waals surface area contributed by atoms with Crippen molar-refractivity contribution in [1.29, 1.82) is 0 Å². The number of benzene rings is 2. The molecule has 0 aromatic heterocycles. The molecule has 0 radical (unpaired) electrons. The Labute approximate surface area is 191 Å². The second-order valence-electron chi connectivity index (χ2n) is 7.84. The highest BCUT2D eigenvalue weighted by Crippen LogP contribution is 2.33. The number of rotatable bonds is 7. The van der Waals surface area contributed by atoms with Crippen molar-refractivity contribution < 1.29 is 24.1 Å². The number of fused-ring (bicyclic) bond motifs is 1. The van der Waals surface area contributed by atoms with Crippen LogP contribution >= 0.6 is 23.2 Å². The number of ether oxygens (including phenoxy) is 3. The molecule has 0 aliphatic carbocycles. The van der Waals surface area contributed by atoms with E-state index in [1.165, 1.54) is 0 Å². The summed E-state index contributed by atoms with van der Waals surface area (Å²) >= 11 is 12.0. The Morgan fingerprint density at radius 3 is 2.58 bits per heavy atom. The first kappa shape index (κ1) is 22.2. The number of ketones is 1. The normalized spacial score (nSPS) is 17.9. The highest BCUT2D eigenvalue weighted by atomic mass is 35.5. The average molecular weight is 466 g/mol. The zero-order valence-electron chi connectivity index (χ0n) is 17.1. The van der Waals surface area contributed by atoms with Gasteiger partial charge in [-0.2, -0.15) is 0 Å². The molecule has 1 fully saturated rings. The summed E-state index contributed by atoms with van der Waals surface area (Å²) in [7, 11) is 0. The number of piperidine rings is 1. The van der Waals surface area contributed by atoms with E-state index in [0.29, 0.717) is 52.6 Å². The van der Waals surface area contributed by atoms with E-state index in [1.54, 1.807) is 30.3 Å². The quantitative estimate of drug-likeness (QED) is 0.620. The average Bonchev–Trinajstić information content (AvgIpc) is 2.78. The van der Waals surface area contributed by atoms with Crippen LogP contribution in [0.3, 0.4) is 0 Å². The number of likely N-dealkylation sites (tertiary alicyclic amines) is 1. The van der Waals surface area contributed by atoms with Crippen LogP contribution < -0.4 is 14.2 Å². The summed E-state index contributed by atoms with van der Waals surface area (Å²) in [5.41, 5.74) is 0.663. The van der Waals surface area contributed by atoms with Gasteiger partial charge in [-0.05, 0) is 62.3 Å². The number of β-amino-alcohol motifs (C(OH)–C–C–N with tert-alkyl or cyclic N) is 1. The van der Waals surface area contributed by atoms with Gasteiger partial charge in [0.2, 0.25) is 0 Å². The first-order valence-corrected chi connectivity index (χ1v) is 11.2. The van der Waals surface area contributed by atoms with Gasteiger partial charge in [-0.25, -0.2) is 0 Å². The van der Waals surface area contributed by atoms with Gasteiger partial charge in [0.05, 0.1) is 5.02 Å². The van der Waals surface area contributed by atoms with Gasteiger partial charge in [0.25, 0.3) is 0 Å². The second-order valence-corrected chi connectivity index (χ2v) is 8.68. The Morgan fingerprint density at radius 2 is 1.84 bits per heavy atom. The number of hydrogen-bond donors (Lipinski definition) is 1. The van der Waals surface area contributed by atoms with Crippen molar-refractivity contribution in [3.63, 3.8) is 0 Å². The van der Waals surface area contributed by atoms with Crippen LogP contribution in [-0.2, 0) is 0 Å². The van der Waals surface area contributed by atoms with E-state index in [1.807, 2.05) is 6.07 Å². The van der Waals surface area contributed by atoms with E-state index < -0.39 is 6.10 Å². The van der Waals surface area contributed by atoms with E-state index in [-0.39, 0.29) is 18.3 Å². The highest BCUT2D eigenvalue weighted by molar-refractivity contribution is 6.35. The zero-order valence-corrected chi connectivity index (χ0v) is 18.6. The summed E-state index contributed by atoms with van der Waals surface area (Å²) in [5.74, 6) is 1.93. The molecule has 1 atom stereocenters. The summed E-state index contributed by atoms with van der Waals surface area (Å²) in [6.45, 7) is 3.15. The van der Waals surface area contributed by atoms with Crippen LogP contribution in [0.1, 0.15) is 23.2 Å². The molecule has 0 spiro atoms. The molecule has 2 heterocycles. The second kappa shape index (κ2) is 10.1. The summed E-state index contributed by atoms with van der Waals surface area (Å²) in [4.78, 5) is 15.1. The fraction of sp³-hybridized carbons (Fsp3) is 0.435. The van der Waals surface area contributed by atoms with Gasteiger partial charge >= 0.3 is 0 Å². The molecule has 4 rings (SSSR count). The Morgan fingerprint density at radius 1 is 1.10 bits per heavy atom. The van der Waals surface area contributed by atoms with Gasteiger partial charge in [0.1, 0.15) is 31.7 Å². The van der Waals surface area contributed by atoms with Crippen molar-refractivity contribution in [1.82, 2.24) is 4.90 Å². The molecule has 2 aliphatic rings. The third-order valence-corrected chi connectivity index (χ3v) is 6.11. The van der Waals surface area contributed by atoms with Crippen LogP contribution in [-0.4, -0.2) is 61.3 Å². The molecule has 1 N–H and O–H groups in total. The zero-order chi connectivity index (χ0) is 21.8. The summed E-state index contributed by atoms with van der Waals surface area (Å²) in [6.07, 6.45) is 0.852. The Kier molecular flexibility index (Phi) is 7.23. The topological polar surface area (TPSA) is 68.2 Å². The number of Topliss-reactive ketones (excluding diaryl/α,β-unsaturated/α-hetero) is 1. The van der Waals surface area contributed by atoms with Crippen LogP contribution in [0.15, 0.2) is 36.4 Å². The SMILES string of the molecule is O=C(c1ccc2c(c1)OCCO2)C1CCN(CC(O)COc2ccc(Cl)cc2Cl)CC1. The van der Waals surface area contributed by atoms with Crippen molar-refractivity contribution in [2.24, 2.45) is 5.92 Å². The minimum absolute atomic E-state index is 0.0277. The van der Waals surface area contributed by atoms with Gasteiger partial charge < -0.3 is 24.2 Å². The molecule has 2 aromatic carbocycles. The maximum atomic E-state index is 12.9. The lowest BCUT2D eigenvalue weighted by molar-refractivity contribution is 0.0524. The lowest BCUT2D eigenvalue weighted by atomic mass is 9.88. The van der Waals surface area contributed by atoms with Gasteiger partial charge in [-0.3, -0.25) is 4.79 Å². The molecule has 0 saturated carbocycles. The number of halogens is 2. The number of carbonyl (C=O) groups excluding carboxylic acids is 1. The van der Waals surface area contributed by atoms with Crippen molar-refractivity contribution in [3.05, 3.63) is 52.0 Å². The maximum Gasteiger partial charge on any atom is 0.166 e. The Balaban J connectivity index is 1.24. The van der Waals surface area contributed by atoms with Crippen LogP contribution in [0.25, 0.3) is 0 Å². The molecule has 0 bridgehead atoms. The lowest BCUT2D eigenvalue weighted by Crippen LogP contribution is -2.42. The monoisotopic (exact) mass is 465 g/mol. The molecule has 2 aliphatic heterocycles. The largest absolute Gasteiger partial charge is 0.489 e. The fourth-order valence-corrected chi connectivity index (χ4v) is 4.40. The van der Waals surface area contributed by atoms with Crippen LogP contribution in [0.5, 0.6) is 17.2 Å². The molecule has 1 unspecified atom stereocenters. The lowest BCUT2D eigenvalue weighted by Gasteiger charge is -2.32. The van der Waals surface area contributed by atoms with Crippen molar-refractivity contribution in [3.8, 4) is 17.2 Å². The Hall–Kier alpha value is -1.99. The number of aliphatic hydroxyl groups excluding tert-OH is 1. The van der Waals surface area contributed by atoms with Crippen LogP contribution in [0, 0.1) is 5.92 Å². The predicted molar refractivity (Wildman–Crippen MR) is 119 cm³/mol. The molecule has 6 nitrogen and oxygen atoms in total. The summed E-state index contributed by atoms with van der Waals surface area (Å²) < 4.78 is 16.7. The maximum absolute atomic E-state index is 12.9. The first-order valence-electron chi connectivity index (χ1n) is 10.4.